The molecule has 2 aliphatic carbocycles. The van der Waals surface area contributed by atoms with Crippen LogP contribution in [0.4, 0.5) is 0 Å². The van der Waals surface area contributed by atoms with Gasteiger partial charge in [-0.2, -0.15) is 0 Å². The maximum atomic E-state index is 10.9. The summed E-state index contributed by atoms with van der Waals surface area (Å²) in [5.41, 5.74) is 1.06. The molecule has 1 fully saturated rings. The Balaban J connectivity index is 0.000000181. The van der Waals surface area contributed by atoms with Gasteiger partial charge in [0.1, 0.15) is 0 Å². The van der Waals surface area contributed by atoms with Crippen LogP contribution in [-0.4, -0.2) is 23.0 Å². The summed E-state index contributed by atoms with van der Waals surface area (Å²) in [6.45, 7) is 7.63. The molecule has 25 heavy (non-hydrogen) atoms. The van der Waals surface area contributed by atoms with Gasteiger partial charge in [0.25, 0.3) is 0 Å². The van der Waals surface area contributed by atoms with E-state index in [9.17, 15) is 9.90 Å². The number of nitrogens with zero attached hydrogens (tertiary/aromatic N) is 1. The van der Waals surface area contributed by atoms with Gasteiger partial charge in [-0.25, -0.2) is 4.98 Å². The third-order valence-corrected chi connectivity index (χ3v) is 4.93. The lowest BCUT2D eigenvalue weighted by molar-refractivity contribution is 0.0925. The highest BCUT2D eigenvalue weighted by molar-refractivity contribution is 5.95. The number of allylic oxidation sites excluding steroid dienone is 5. The molecule has 1 aromatic rings. The maximum absolute atomic E-state index is 10.9. The number of carbonyl (C=O) groups is 1. The molecule has 0 aromatic carbocycles. The number of aromatic hydroxyl groups is 1. The molecule has 3 unspecified atom stereocenters. The molecular weight excluding hydrogens is 314 g/mol. The van der Waals surface area contributed by atoms with E-state index in [1.54, 1.807) is 0 Å². The summed E-state index contributed by atoms with van der Waals surface area (Å²) in [5.74, 6) is 3.81. The molecule has 2 aliphatic rings. The quantitative estimate of drug-likeness (QED) is 0.656. The number of hydrogen-bond acceptors (Lipinski definition) is 4. The van der Waals surface area contributed by atoms with E-state index in [0.29, 0.717) is 11.8 Å². The van der Waals surface area contributed by atoms with Gasteiger partial charge in [-0.3, -0.25) is 4.79 Å². The first kappa shape index (κ1) is 18.5. The fourth-order valence-electron chi connectivity index (χ4n) is 3.45. The summed E-state index contributed by atoms with van der Waals surface area (Å²) in [4.78, 5) is 14.6. The Hall–Kier alpha value is -2.80. The van der Waals surface area contributed by atoms with Crippen molar-refractivity contribution < 1.29 is 14.6 Å². The van der Waals surface area contributed by atoms with Crippen molar-refractivity contribution >= 4 is 5.78 Å². The van der Waals surface area contributed by atoms with Crippen LogP contribution in [0.3, 0.4) is 0 Å². The predicted octanol–water partition coefficient (Wildman–Crippen LogP) is 3.94. The van der Waals surface area contributed by atoms with E-state index in [4.69, 9.17) is 11.2 Å². The summed E-state index contributed by atoms with van der Waals surface area (Å²) >= 11 is 0. The normalized spacial score (nSPS) is 26.2. The van der Waals surface area contributed by atoms with Crippen LogP contribution in [-0.2, 0) is 0 Å². The van der Waals surface area contributed by atoms with Gasteiger partial charge in [0.15, 0.2) is 23.0 Å². The Morgan fingerprint density at radius 2 is 2.24 bits per heavy atom. The maximum Gasteiger partial charge on any atom is 0.187 e. The second kappa shape index (κ2) is 7.40. The van der Waals surface area contributed by atoms with Gasteiger partial charge in [0.05, 0.1) is 12.5 Å². The van der Waals surface area contributed by atoms with E-state index in [1.165, 1.54) is 32.7 Å². The zero-order valence-electron chi connectivity index (χ0n) is 14.8. The van der Waals surface area contributed by atoms with E-state index in [0.717, 1.165) is 5.57 Å². The lowest BCUT2D eigenvalue weighted by atomic mass is 9.51. The molecule has 1 heterocycles. The molecule has 0 bridgehead atoms. The van der Waals surface area contributed by atoms with Crippen LogP contribution in [0.2, 0.25) is 0 Å². The molecule has 0 spiro atoms. The van der Waals surface area contributed by atoms with E-state index in [-0.39, 0.29) is 28.4 Å². The van der Waals surface area contributed by atoms with Crippen LogP contribution in [0.1, 0.15) is 30.8 Å². The third-order valence-electron chi connectivity index (χ3n) is 4.93. The molecule has 0 aliphatic heterocycles. The number of terminal acetylenes is 1. The Labute approximate surface area is 148 Å². The van der Waals surface area contributed by atoms with Crippen LogP contribution in [0.15, 0.2) is 48.7 Å². The number of fused-ring (bicyclic) bond motifs is 1. The highest BCUT2D eigenvalue weighted by atomic mass is 16.5. The zero-order valence-corrected chi connectivity index (χ0v) is 14.8. The fourth-order valence-corrected chi connectivity index (χ4v) is 3.45. The van der Waals surface area contributed by atoms with Crippen molar-refractivity contribution in [2.75, 3.05) is 7.11 Å². The number of carbonyl (C=O) groups excluding carboxylic acids is 1. The molecule has 0 saturated heterocycles. The molecule has 3 rings (SSSR count). The summed E-state index contributed by atoms with van der Waals surface area (Å²) < 4.78 is 4.79. The van der Waals surface area contributed by atoms with E-state index < -0.39 is 0 Å². The van der Waals surface area contributed by atoms with Crippen molar-refractivity contribution in [3.8, 4) is 23.8 Å². The molecule has 1 N–H and O–H groups in total. The Morgan fingerprint density at radius 3 is 2.80 bits per heavy atom. The number of ketones is 1. The lowest BCUT2D eigenvalue weighted by Crippen LogP contribution is -2.46. The highest BCUT2D eigenvalue weighted by Gasteiger charge is 2.51. The number of aromatic nitrogens is 1. The molecule has 3 atom stereocenters. The first-order valence-electron chi connectivity index (χ1n) is 8.13. The average Bonchev–Trinajstić information content (AvgIpc) is 2.70. The van der Waals surface area contributed by atoms with Gasteiger partial charge < -0.3 is 9.84 Å². The van der Waals surface area contributed by atoms with Crippen LogP contribution >= 0.6 is 0 Å². The summed E-state index contributed by atoms with van der Waals surface area (Å²) in [5, 5.41) is 9.35. The monoisotopic (exact) mass is 337 g/mol. The Morgan fingerprint density at radius 1 is 1.52 bits per heavy atom. The minimum absolute atomic E-state index is 0.0364. The van der Waals surface area contributed by atoms with Gasteiger partial charge in [-0.1, -0.05) is 43.7 Å². The van der Waals surface area contributed by atoms with Crippen molar-refractivity contribution in [1.82, 2.24) is 4.98 Å². The average molecular weight is 337 g/mol. The summed E-state index contributed by atoms with van der Waals surface area (Å²) in [6, 6.07) is 1.49. The fraction of sp³-hybridized carbons (Fsp3) is 0.333. The smallest absolute Gasteiger partial charge is 0.187 e. The predicted molar refractivity (Wildman–Crippen MR) is 98.4 cm³/mol. The second-order valence-electron chi connectivity index (χ2n) is 6.29. The second-order valence-corrected chi connectivity index (χ2v) is 6.29. The lowest BCUT2D eigenvalue weighted by Gasteiger charge is -2.51. The number of hydrogen-bond donors (Lipinski definition) is 1. The zero-order chi connectivity index (χ0) is 18.6. The van der Waals surface area contributed by atoms with Crippen molar-refractivity contribution in [3.63, 3.8) is 0 Å². The molecule has 1 aromatic heterocycles. The Kier molecular flexibility index (Phi) is 5.48. The van der Waals surface area contributed by atoms with Crippen molar-refractivity contribution in [1.29, 1.82) is 0 Å². The molecule has 4 nitrogen and oxygen atoms in total. The largest absolute Gasteiger partial charge is 0.503 e. The van der Waals surface area contributed by atoms with Crippen molar-refractivity contribution in [3.05, 3.63) is 54.4 Å². The first-order chi connectivity index (χ1) is 11.9. The summed E-state index contributed by atoms with van der Waals surface area (Å²) in [6.07, 6.45) is 16.6. The van der Waals surface area contributed by atoms with Crippen LogP contribution in [0.5, 0.6) is 11.5 Å². The molecule has 0 radical (unpaired) electrons. The minimum Gasteiger partial charge on any atom is -0.503 e. The SMILES string of the molecule is C#CC12C(=C)C=CC=CC1CC2C.COc1ccnc(C(C)=O)c1O. The van der Waals surface area contributed by atoms with Crippen LogP contribution in [0.25, 0.3) is 0 Å². The highest BCUT2D eigenvalue weighted by Crippen LogP contribution is 2.57. The van der Waals surface area contributed by atoms with E-state index in [2.05, 4.69) is 36.6 Å². The van der Waals surface area contributed by atoms with Gasteiger partial charge in [-0.15, -0.1) is 6.42 Å². The van der Waals surface area contributed by atoms with Gasteiger partial charge in [-0.05, 0) is 23.8 Å². The number of methoxy groups -OCH3 is 1. The van der Waals surface area contributed by atoms with Crippen LogP contribution < -0.4 is 4.74 Å². The van der Waals surface area contributed by atoms with Gasteiger partial charge >= 0.3 is 0 Å². The topological polar surface area (TPSA) is 59.4 Å². The molecule has 130 valence electrons. The van der Waals surface area contributed by atoms with E-state index in [1.807, 2.05) is 12.2 Å². The number of rotatable bonds is 2. The molecule has 1 saturated carbocycles. The van der Waals surface area contributed by atoms with Crippen LogP contribution in [0, 0.1) is 29.6 Å². The molecule has 0 amide bonds. The minimum atomic E-state index is -0.286. The van der Waals surface area contributed by atoms with Crippen molar-refractivity contribution in [2.45, 2.75) is 20.3 Å². The summed E-state index contributed by atoms with van der Waals surface area (Å²) in [7, 11) is 1.42. The van der Waals surface area contributed by atoms with Gasteiger partial charge in [0, 0.05) is 19.2 Å². The Bertz CT molecular complexity index is 785. The van der Waals surface area contributed by atoms with Gasteiger partial charge in [0.2, 0.25) is 0 Å². The van der Waals surface area contributed by atoms with E-state index >= 15 is 0 Å². The number of ether oxygens (including phenoxy) is 1. The standard InChI is InChI=1S/C13H14.C8H9NO3/c1-4-13-10(2)7-5-6-8-12(13)9-11(13)3;1-5(10)7-8(11)6(12-2)3-4-9-7/h1,5-8,11-12H,2,9H2,3H3;3-4,11H,1-2H3. The molecule has 4 heteroatoms. The number of Topliss-reactive ketones (excluding diaryl/α,β-unsaturated/α-hetero) is 1. The molecular formula is C21H23NO3. The van der Waals surface area contributed by atoms with Crippen molar-refractivity contribution in [2.24, 2.45) is 17.3 Å². The number of pyridine rings is 1. The third kappa shape index (κ3) is 3.23. The first-order valence-corrected chi connectivity index (χ1v) is 8.13.